The summed E-state index contributed by atoms with van der Waals surface area (Å²) in [7, 11) is 3.28. The van der Waals surface area contributed by atoms with Crippen molar-refractivity contribution in [1.29, 1.82) is 0 Å². The molecule has 1 N–H and O–H groups in total. The van der Waals surface area contributed by atoms with Gasteiger partial charge >= 0.3 is 5.97 Å². The monoisotopic (exact) mass is 317 g/mol. The third-order valence-corrected chi connectivity index (χ3v) is 5.39. The average Bonchev–Trinajstić information content (AvgIpc) is 3.22. The van der Waals surface area contributed by atoms with Crippen LogP contribution in [0.3, 0.4) is 0 Å². The molecule has 1 amide bonds. The van der Waals surface area contributed by atoms with Crippen molar-refractivity contribution < 1.29 is 14.3 Å². The van der Waals surface area contributed by atoms with Gasteiger partial charge in [0.05, 0.1) is 19.2 Å². The van der Waals surface area contributed by atoms with Crippen LogP contribution in [0, 0.1) is 24.7 Å². The predicted molar refractivity (Wildman–Crippen MR) is 85.2 cm³/mol. The van der Waals surface area contributed by atoms with Gasteiger partial charge in [0.2, 0.25) is 5.91 Å². The third kappa shape index (κ3) is 2.90. The molecule has 1 aromatic heterocycles. The van der Waals surface area contributed by atoms with E-state index >= 15 is 0 Å². The summed E-state index contributed by atoms with van der Waals surface area (Å²) in [4.78, 5) is 24.3. The van der Waals surface area contributed by atoms with E-state index in [2.05, 4.69) is 10.4 Å². The quantitative estimate of drug-likeness (QED) is 0.674. The molecule has 0 aromatic carbocycles. The molecule has 124 valence electrons. The van der Waals surface area contributed by atoms with E-state index in [1.54, 1.807) is 17.0 Å². The van der Waals surface area contributed by atoms with Crippen molar-refractivity contribution >= 4 is 18.0 Å². The zero-order valence-electron chi connectivity index (χ0n) is 13.8. The van der Waals surface area contributed by atoms with Crippen molar-refractivity contribution in [2.24, 2.45) is 24.8 Å². The number of hydrogen-bond donors (Lipinski definition) is 1. The fourth-order valence-electron chi connectivity index (χ4n) is 4.03. The Kier molecular flexibility index (Phi) is 4.24. The van der Waals surface area contributed by atoms with E-state index < -0.39 is 0 Å². The molecule has 2 fully saturated rings. The van der Waals surface area contributed by atoms with E-state index in [0.717, 1.165) is 30.5 Å². The molecular weight excluding hydrogens is 294 g/mol. The molecule has 6 heteroatoms. The summed E-state index contributed by atoms with van der Waals surface area (Å²) >= 11 is 0. The first-order chi connectivity index (χ1) is 11.0. The summed E-state index contributed by atoms with van der Waals surface area (Å²) in [5.74, 6) is 0.175. The zero-order valence-corrected chi connectivity index (χ0v) is 13.8. The lowest BCUT2D eigenvalue weighted by Gasteiger charge is -2.29. The lowest BCUT2D eigenvalue weighted by Crippen LogP contribution is -2.46. The maximum Gasteiger partial charge on any atom is 0.311 e. The summed E-state index contributed by atoms with van der Waals surface area (Å²) in [6.07, 6.45) is 8.16. The molecule has 1 aromatic rings. The number of aromatic nitrogens is 2. The molecule has 3 rings (SSSR count). The molecule has 6 nitrogen and oxygen atoms in total. The van der Waals surface area contributed by atoms with Gasteiger partial charge in [-0.1, -0.05) is 0 Å². The molecule has 0 unspecified atom stereocenters. The Hall–Kier alpha value is -2.11. The van der Waals surface area contributed by atoms with E-state index in [4.69, 9.17) is 4.74 Å². The SMILES string of the molecule is COC(=O)[C@H]1[C@H]2CC[C@@H](C2)[C@@H]1NC(=O)/C=C/c1cnn(C)c1C. The van der Waals surface area contributed by atoms with Crippen LogP contribution in [0.5, 0.6) is 0 Å². The maximum absolute atomic E-state index is 12.2. The highest BCUT2D eigenvalue weighted by atomic mass is 16.5. The molecular formula is C17H23N3O3. The van der Waals surface area contributed by atoms with Crippen LogP contribution in [0.25, 0.3) is 6.08 Å². The van der Waals surface area contributed by atoms with E-state index in [1.807, 2.05) is 14.0 Å². The number of nitrogens with one attached hydrogen (secondary N) is 1. The predicted octanol–water partition coefficient (Wildman–Crippen LogP) is 1.45. The summed E-state index contributed by atoms with van der Waals surface area (Å²) in [6.45, 7) is 1.95. The number of aryl methyl sites for hydroxylation is 1. The Morgan fingerprint density at radius 1 is 1.39 bits per heavy atom. The molecule has 0 saturated heterocycles. The summed E-state index contributed by atoms with van der Waals surface area (Å²) in [5, 5.41) is 7.17. The largest absolute Gasteiger partial charge is 0.469 e. The topological polar surface area (TPSA) is 73.2 Å². The van der Waals surface area contributed by atoms with E-state index in [9.17, 15) is 9.59 Å². The second-order valence-corrected chi connectivity index (χ2v) is 6.56. The van der Waals surface area contributed by atoms with Crippen LogP contribution in [-0.2, 0) is 21.4 Å². The highest BCUT2D eigenvalue weighted by Crippen LogP contribution is 2.48. The lowest BCUT2D eigenvalue weighted by atomic mass is 9.84. The van der Waals surface area contributed by atoms with Gasteiger partial charge in [-0.05, 0) is 44.1 Å². The first-order valence-electron chi connectivity index (χ1n) is 8.06. The first-order valence-corrected chi connectivity index (χ1v) is 8.06. The zero-order chi connectivity index (χ0) is 16.6. The number of methoxy groups -OCH3 is 1. The molecule has 23 heavy (non-hydrogen) atoms. The van der Waals surface area contributed by atoms with Gasteiger partial charge in [0.15, 0.2) is 0 Å². The Morgan fingerprint density at radius 3 is 2.78 bits per heavy atom. The van der Waals surface area contributed by atoms with Crippen molar-refractivity contribution in [2.75, 3.05) is 7.11 Å². The molecule has 1 heterocycles. The molecule has 0 aliphatic heterocycles. The smallest absolute Gasteiger partial charge is 0.311 e. The van der Waals surface area contributed by atoms with Gasteiger partial charge < -0.3 is 10.1 Å². The van der Waals surface area contributed by atoms with Gasteiger partial charge in [0, 0.05) is 30.4 Å². The van der Waals surface area contributed by atoms with Gasteiger partial charge in [-0.2, -0.15) is 5.10 Å². The Morgan fingerprint density at radius 2 is 2.13 bits per heavy atom. The lowest BCUT2D eigenvalue weighted by molar-refractivity contribution is -0.148. The van der Waals surface area contributed by atoms with Gasteiger partial charge in [0.25, 0.3) is 0 Å². The number of esters is 1. The first kappa shape index (κ1) is 15.8. The molecule has 2 bridgehead atoms. The minimum atomic E-state index is -0.199. The van der Waals surface area contributed by atoms with Crippen LogP contribution in [0.15, 0.2) is 12.3 Å². The average molecular weight is 317 g/mol. The van der Waals surface area contributed by atoms with Crippen molar-refractivity contribution in [3.05, 3.63) is 23.5 Å². The molecule has 2 aliphatic carbocycles. The second kappa shape index (κ2) is 6.18. The molecule has 2 aliphatic rings. The van der Waals surface area contributed by atoms with Crippen LogP contribution in [0.4, 0.5) is 0 Å². The summed E-state index contributed by atoms with van der Waals surface area (Å²) in [6, 6.07) is -0.103. The highest BCUT2D eigenvalue weighted by Gasteiger charge is 2.51. The van der Waals surface area contributed by atoms with E-state index in [0.29, 0.717) is 11.8 Å². The fourth-order valence-corrected chi connectivity index (χ4v) is 4.03. The number of rotatable bonds is 4. The standard InChI is InChI=1S/C17H23N3O3/c1-10-13(9-18-20(10)2)6-7-14(21)19-16-12-5-4-11(8-12)15(16)17(22)23-3/h6-7,9,11-12,15-16H,4-5,8H2,1-3H3,(H,19,21)/b7-6+/t11-,12-,15-,16-/m0/s1. The van der Waals surface area contributed by atoms with Crippen LogP contribution < -0.4 is 5.32 Å². The summed E-state index contributed by atoms with van der Waals surface area (Å²) in [5.41, 5.74) is 1.92. The number of carbonyl (C=O) groups excluding carboxylic acids is 2. The van der Waals surface area contributed by atoms with Crippen LogP contribution in [0.2, 0.25) is 0 Å². The van der Waals surface area contributed by atoms with Crippen molar-refractivity contribution in [2.45, 2.75) is 32.2 Å². The van der Waals surface area contributed by atoms with Crippen molar-refractivity contribution in [3.8, 4) is 0 Å². The number of hydrogen-bond acceptors (Lipinski definition) is 4. The fraction of sp³-hybridized carbons (Fsp3) is 0.588. The van der Waals surface area contributed by atoms with Crippen LogP contribution >= 0.6 is 0 Å². The number of carbonyl (C=O) groups is 2. The number of fused-ring (bicyclic) bond motifs is 2. The molecule has 4 atom stereocenters. The number of amides is 1. The molecule has 2 saturated carbocycles. The van der Waals surface area contributed by atoms with E-state index in [1.165, 1.54) is 13.2 Å². The third-order valence-electron chi connectivity index (χ3n) is 5.39. The van der Waals surface area contributed by atoms with Gasteiger partial charge in [-0.3, -0.25) is 14.3 Å². The summed E-state index contributed by atoms with van der Waals surface area (Å²) < 4.78 is 6.69. The van der Waals surface area contributed by atoms with Crippen LogP contribution in [0.1, 0.15) is 30.5 Å². The second-order valence-electron chi connectivity index (χ2n) is 6.56. The normalized spacial score (nSPS) is 29.2. The molecule has 0 radical (unpaired) electrons. The minimum Gasteiger partial charge on any atom is -0.469 e. The maximum atomic E-state index is 12.2. The Balaban J connectivity index is 1.67. The number of nitrogens with zero attached hydrogens (tertiary/aromatic N) is 2. The van der Waals surface area contributed by atoms with Crippen molar-refractivity contribution in [1.82, 2.24) is 15.1 Å². The molecule has 0 spiro atoms. The Labute approximate surface area is 135 Å². The van der Waals surface area contributed by atoms with E-state index in [-0.39, 0.29) is 23.8 Å². The van der Waals surface area contributed by atoms with Gasteiger partial charge in [-0.15, -0.1) is 0 Å². The van der Waals surface area contributed by atoms with Crippen LogP contribution in [-0.4, -0.2) is 34.8 Å². The van der Waals surface area contributed by atoms with Crippen molar-refractivity contribution in [3.63, 3.8) is 0 Å². The Bertz CT molecular complexity index is 650. The highest BCUT2D eigenvalue weighted by molar-refractivity contribution is 5.92. The number of ether oxygens (including phenoxy) is 1. The van der Waals surface area contributed by atoms with Gasteiger partial charge in [-0.25, -0.2) is 0 Å². The minimum absolute atomic E-state index is 0.103. The van der Waals surface area contributed by atoms with Gasteiger partial charge in [0.1, 0.15) is 0 Å².